The number of carbonyl (C=O) groups excluding carboxylic acids is 1. The van der Waals surface area contributed by atoms with Gasteiger partial charge in [0.15, 0.2) is 5.13 Å². The summed E-state index contributed by atoms with van der Waals surface area (Å²) in [6.45, 7) is 0. The van der Waals surface area contributed by atoms with E-state index in [1.807, 2.05) is 0 Å². The molecule has 0 spiro atoms. The van der Waals surface area contributed by atoms with Crippen molar-refractivity contribution in [3.8, 4) is 5.75 Å². The minimum Gasteiger partial charge on any atom is -0.495 e. The lowest BCUT2D eigenvalue weighted by molar-refractivity contribution is -0.115. The van der Waals surface area contributed by atoms with Gasteiger partial charge in [-0.3, -0.25) is 9.52 Å². The molecule has 0 bridgehead atoms. The lowest BCUT2D eigenvalue weighted by Crippen LogP contribution is -2.15. The van der Waals surface area contributed by atoms with Gasteiger partial charge in [-0.1, -0.05) is 29.8 Å². The predicted octanol–water partition coefficient (Wildman–Crippen LogP) is 3.79. The Bertz CT molecular complexity index is 1090. The zero-order valence-corrected chi connectivity index (χ0v) is 17.1. The Morgan fingerprint density at radius 2 is 1.96 bits per heavy atom. The van der Waals surface area contributed by atoms with Crippen molar-refractivity contribution < 1.29 is 17.9 Å². The van der Waals surface area contributed by atoms with Crippen LogP contribution in [0.1, 0.15) is 5.69 Å². The van der Waals surface area contributed by atoms with Crippen molar-refractivity contribution in [2.45, 2.75) is 11.3 Å². The molecule has 2 aromatic carbocycles. The number of ether oxygens (including phenoxy) is 1. The Balaban J connectivity index is 1.63. The molecule has 3 rings (SSSR count). The second kappa shape index (κ2) is 8.59. The molecular weight excluding hydrogens is 422 g/mol. The highest BCUT2D eigenvalue weighted by Gasteiger charge is 2.16. The first-order valence-electron chi connectivity index (χ1n) is 8.03. The van der Waals surface area contributed by atoms with E-state index in [4.69, 9.17) is 16.3 Å². The molecule has 2 N–H and O–H groups in total. The van der Waals surface area contributed by atoms with Gasteiger partial charge in [0.1, 0.15) is 5.75 Å². The van der Waals surface area contributed by atoms with Gasteiger partial charge in [-0.25, -0.2) is 13.4 Å². The lowest BCUT2D eigenvalue weighted by atomic mass is 10.2. The van der Waals surface area contributed by atoms with Gasteiger partial charge >= 0.3 is 0 Å². The number of sulfonamides is 1. The first-order valence-corrected chi connectivity index (χ1v) is 10.8. The van der Waals surface area contributed by atoms with Gasteiger partial charge in [0.05, 0.1) is 29.1 Å². The van der Waals surface area contributed by atoms with Crippen LogP contribution in [0.25, 0.3) is 0 Å². The highest BCUT2D eigenvalue weighted by molar-refractivity contribution is 7.93. The number of halogens is 1. The topological polar surface area (TPSA) is 97.4 Å². The largest absolute Gasteiger partial charge is 0.495 e. The van der Waals surface area contributed by atoms with Crippen molar-refractivity contribution >= 4 is 49.7 Å². The number of anilines is 2. The van der Waals surface area contributed by atoms with Crippen molar-refractivity contribution in [3.63, 3.8) is 0 Å². The summed E-state index contributed by atoms with van der Waals surface area (Å²) in [7, 11) is -2.21. The number of nitrogens with one attached hydrogen (secondary N) is 2. The van der Waals surface area contributed by atoms with Crippen molar-refractivity contribution in [1.82, 2.24) is 4.98 Å². The number of amides is 1. The fraction of sp³-hybridized carbons (Fsp3) is 0.111. The maximum absolute atomic E-state index is 12.3. The first-order chi connectivity index (χ1) is 13.4. The van der Waals surface area contributed by atoms with Crippen LogP contribution in [0.15, 0.2) is 58.8 Å². The molecule has 0 saturated carbocycles. The van der Waals surface area contributed by atoms with Crippen LogP contribution in [0.5, 0.6) is 5.75 Å². The average Bonchev–Trinajstić information content (AvgIpc) is 3.08. The number of rotatable bonds is 7. The minimum absolute atomic E-state index is 0.00673. The number of hydrogen-bond donors (Lipinski definition) is 2. The van der Waals surface area contributed by atoms with E-state index < -0.39 is 10.0 Å². The number of carbonyl (C=O) groups is 1. The number of methoxy groups -OCH3 is 1. The molecule has 1 heterocycles. The van der Waals surface area contributed by atoms with E-state index in [0.29, 0.717) is 22.2 Å². The molecule has 0 unspecified atom stereocenters. The van der Waals surface area contributed by atoms with E-state index in [1.54, 1.807) is 41.8 Å². The van der Waals surface area contributed by atoms with E-state index in [2.05, 4.69) is 15.0 Å². The molecule has 10 heteroatoms. The molecule has 0 saturated heterocycles. The molecule has 0 aliphatic rings. The summed E-state index contributed by atoms with van der Waals surface area (Å²) in [6.07, 6.45) is -0.00673. The number of hydrogen-bond acceptors (Lipinski definition) is 6. The highest BCUT2D eigenvalue weighted by atomic mass is 35.5. The fourth-order valence-corrected chi connectivity index (χ4v) is 4.56. The molecule has 1 aromatic heterocycles. The summed E-state index contributed by atoms with van der Waals surface area (Å²) in [5.74, 6) is 0.207. The molecular formula is C18H16ClN3O4S2. The number of thiazole rings is 1. The lowest BCUT2D eigenvalue weighted by Gasteiger charge is -2.07. The summed E-state index contributed by atoms with van der Waals surface area (Å²) in [5.41, 5.74) is 0.976. The molecule has 0 radical (unpaired) electrons. The van der Waals surface area contributed by atoms with Crippen LogP contribution in [0.2, 0.25) is 5.02 Å². The molecule has 7 nitrogen and oxygen atoms in total. The van der Waals surface area contributed by atoms with E-state index in [9.17, 15) is 13.2 Å². The Morgan fingerprint density at radius 1 is 1.21 bits per heavy atom. The summed E-state index contributed by atoms with van der Waals surface area (Å²) in [6, 6.07) is 12.9. The zero-order chi connectivity index (χ0) is 20.1. The highest BCUT2D eigenvalue weighted by Crippen LogP contribution is 2.27. The monoisotopic (exact) mass is 437 g/mol. The average molecular weight is 438 g/mol. The molecule has 1 amide bonds. The third kappa shape index (κ3) is 5.00. The van der Waals surface area contributed by atoms with Gasteiger partial charge in [0, 0.05) is 11.1 Å². The smallest absolute Gasteiger partial charge is 0.263 e. The maximum atomic E-state index is 12.3. The van der Waals surface area contributed by atoms with Crippen molar-refractivity contribution in [2.24, 2.45) is 0 Å². The maximum Gasteiger partial charge on any atom is 0.263 e. The first kappa shape index (κ1) is 20.1. The normalized spacial score (nSPS) is 11.1. The second-order valence-electron chi connectivity index (χ2n) is 5.64. The van der Waals surface area contributed by atoms with Crippen molar-refractivity contribution in [3.05, 3.63) is 64.6 Å². The van der Waals surface area contributed by atoms with Gasteiger partial charge in [-0.2, -0.15) is 0 Å². The molecule has 3 aromatic rings. The predicted molar refractivity (Wildman–Crippen MR) is 110 cm³/mol. The Kier molecular flexibility index (Phi) is 6.18. The van der Waals surface area contributed by atoms with Crippen LogP contribution in [0, 0.1) is 0 Å². The standard InChI is InChI=1S/C18H16ClN3O4S2/c1-26-16-8-7-12(9-15(16)19)20-17(23)10-13-11-27-18(21-13)22-28(24,25)14-5-3-2-4-6-14/h2-9,11H,10H2,1H3,(H,20,23)(H,21,22). The molecule has 146 valence electrons. The SMILES string of the molecule is COc1ccc(NC(=O)Cc2csc(NS(=O)(=O)c3ccccc3)n2)cc1Cl. The van der Waals surface area contributed by atoms with E-state index in [0.717, 1.165) is 11.3 Å². The van der Waals surface area contributed by atoms with Crippen LogP contribution in [0.4, 0.5) is 10.8 Å². The zero-order valence-electron chi connectivity index (χ0n) is 14.7. The molecule has 28 heavy (non-hydrogen) atoms. The van der Waals surface area contributed by atoms with Gasteiger partial charge < -0.3 is 10.1 Å². The van der Waals surface area contributed by atoms with Crippen LogP contribution >= 0.6 is 22.9 Å². The fourth-order valence-electron chi connectivity index (χ4n) is 2.32. The number of nitrogens with zero attached hydrogens (tertiary/aromatic N) is 1. The summed E-state index contributed by atoms with van der Waals surface area (Å²) in [5, 5.41) is 4.92. The van der Waals surface area contributed by atoms with E-state index in [1.165, 1.54) is 19.2 Å². The van der Waals surface area contributed by atoms with Crippen LogP contribution in [-0.2, 0) is 21.2 Å². The molecule has 0 atom stereocenters. The minimum atomic E-state index is -3.72. The third-order valence-electron chi connectivity index (χ3n) is 3.60. The van der Waals surface area contributed by atoms with Crippen molar-refractivity contribution in [1.29, 1.82) is 0 Å². The van der Waals surface area contributed by atoms with E-state index >= 15 is 0 Å². The summed E-state index contributed by atoms with van der Waals surface area (Å²) in [4.78, 5) is 16.5. The Morgan fingerprint density at radius 3 is 2.64 bits per heavy atom. The second-order valence-corrected chi connectivity index (χ2v) is 8.58. The Labute approximate surface area is 171 Å². The van der Waals surface area contributed by atoms with Gasteiger partial charge in [-0.15, -0.1) is 11.3 Å². The quantitative estimate of drug-likeness (QED) is 0.586. The van der Waals surface area contributed by atoms with Gasteiger partial charge in [0.25, 0.3) is 10.0 Å². The van der Waals surface area contributed by atoms with E-state index in [-0.39, 0.29) is 22.4 Å². The van der Waals surface area contributed by atoms with Crippen LogP contribution in [-0.4, -0.2) is 26.4 Å². The summed E-state index contributed by atoms with van der Waals surface area (Å²) < 4.78 is 32.1. The molecule has 0 aliphatic heterocycles. The molecule has 0 fully saturated rings. The molecule has 0 aliphatic carbocycles. The van der Waals surface area contributed by atoms with Crippen LogP contribution < -0.4 is 14.8 Å². The van der Waals surface area contributed by atoms with Crippen molar-refractivity contribution in [2.75, 3.05) is 17.1 Å². The number of aromatic nitrogens is 1. The van der Waals surface area contributed by atoms with Gasteiger partial charge in [-0.05, 0) is 30.3 Å². The summed E-state index contributed by atoms with van der Waals surface area (Å²) >= 11 is 7.14. The Hall–Kier alpha value is -2.62. The number of benzene rings is 2. The van der Waals surface area contributed by atoms with Gasteiger partial charge in [0.2, 0.25) is 5.91 Å². The van der Waals surface area contributed by atoms with Crippen LogP contribution in [0.3, 0.4) is 0 Å². The third-order valence-corrected chi connectivity index (χ3v) is 6.19.